The van der Waals surface area contributed by atoms with Crippen molar-refractivity contribution in [3.63, 3.8) is 0 Å². The number of halogens is 1. The van der Waals surface area contributed by atoms with Gasteiger partial charge in [-0.25, -0.2) is 4.79 Å². The average molecular weight is 385 g/mol. The Morgan fingerprint density at radius 2 is 1.96 bits per heavy atom. The second kappa shape index (κ2) is 9.57. The summed E-state index contributed by atoms with van der Waals surface area (Å²) in [4.78, 5) is 11.4. The molecule has 0 atom stereocenters. The first-order chi connectivity index (χ1) is 10.8. The predicted molar refractivity (Wildman–Crippen MR) is 95.8 cm³/mol. The third-order valence-electron chi connectivity index (χ3n) is 2.76. The molecule has 0 spiro atoms. The van der Waals surface area contributed by atoms with Crippen molar-refractivity contribution in [2.75, 3.05) is 20.2 Å². The Balaban J connectivity index is 2.23. The summed E-state index contributed by atoms with van der Waals surface area (Å²) >= 11 is 3.52. The topological polar surface area (TPSA) is 59.6 Å². The van der Waals surface area contributed by atoms with E-state index in [2.05, 4.69) is 26.6 Å². The van der Waals surface area contributed by atoms with Crippen molar-refractivity contribution in [1.82, 2.24) is 10.6 Å². The van der Waals surface area contributed by atoms with E-state index >= 15 is 0 Å². The zero-order valence-electron chi connectivity index (χ0n) is 14.1. The van der Waals surface area contributed by atoms with Gasteiger partial charge in [-0.15, -0.1) is 0 Å². The van der Waals surface area contributed by atoms with E-state index in [-0.39, 0.29) is 0 Å². The number of ether oxygens (including phenoxy) is 2. The predicted octanol–water partition coefficient (Wildman–Crippen LogP) is 3.63. The molecule has 23 heavy (non-hydrogen) atoms. The molecule has 0 radical (unpaired) electrons. The summed E-state index contributed by atoms with van der Waals surface area (Å²) in [5.41, 5.74) is 0.657. The molecule has 0 aliphatic rings. The molecule has 1 rings (SSSR count). The summed E-state index contributed by atoms with van der Waals surface area (Å²) < 4.78 is 11.4. The molecule has 2 N–H and O–H groups in total. The SMILES string of the molecule is COc1ccc(Br)c(CNC/C=C/CNC(=O)OC(C)(C)C)c1. The van der Waals surface area contributed by atoms with E-state index in [1.54, 1.807) is 7.11 Å². The van der Waals surface area contributed by atoms with Crippen LogP contribution in [0.15, 0.2) is 34.8 Å². The molecule has 1 aromatic rings. The lowest BCUT2D eigenvalue weighted by atomic mass is 10.2. The highest BCUT2D eigenvalue weighted by molar-refractivity contribution is 9.10. The molecule has 128 valence electrons. The average Bonchev–Trinajstić information content (AvgIpc) is 2.46. The van der Waals surface area contributed by atoms with Gasteiger partial charge in [-0.2, -0.15) is 0 Å². The zero-order valence-corrected chi connectivity index (χ0v) is 15.7. The number of alkyl carbamates (subject to hydrolysis) is 1. The minimum Gasteiger partial charge on any atom is -0.497 e. The van der Waals surface area contributed by atoms with Crippen molar-refractivity contribution in [1.29, 1.82) is 0 Å². The smallest absolute Gasteiger partial charge is 0.407 e. The molecule has 0 unspecified atom stereocenters. The van der Waals surface area contributed by atoms with Crippen molar-refractivity contribution in [3.8, 4) is 5.75 Å². The number of methoxy groups -OCH3 is 1. The van der Waals surface area contributed by atoms with Gasteiger partial charge >= 0.3 is 6.09 Å². The minimum atomic E-state index is -0.473. The van der Waals surface area contributed by atoms with Crippen LogP contribution in [-0.2, 0) is 11.3 Å². The zero-order chi connectivity index (χ0) is 17.3. The molecule has 0 fully saturated rings. The molecule has 0 bridgehead atoms. The monoisotopic (exact) mass is 384 g/mol. The molecular formula is C17H25BrN2O3. The summed E-state index contributed by atoms with van der Waals surface area (Å²) in [6.45, 7) is 7.38. The molecule has 0 heterocycles. The Kier molecular flexibility index (Phi) is 8.12. The van der Waals surface area contributed by atoms with Crippen LogP contribution >= 0.6 is 15.9 Å². The van der Waals surface area contributed by atoms with Gasteiger partial charge in [-0.1, -0.05) is 28.1 Å². The number of hydrogen-bond acceptors (Lipinski definition) is 4. The van der Waals surface area contributed by atoms with Crippen molar-refractivity contribution >= 4 is 22.0 Å². The molecule has 0 aromatic heterocycles. The second-order valence-corrected chi connectivity index (χ2v) is 6.80. The van der Waals surface area contributed by atoms with Crippen LogP contribution in [0.5, 0.6) is 5.75 Å². The molecule has 1 amide bonds. The van der Waals surface area contributed by atoms with Crippen LogP contribution in [0.1, 0.15) is 26.3 Å². The van der Waals surface area contributed by atoms with Crippen LogP contribution in [0.3, 0.4) is 0 Å². The van der Waals surface area contributed by atoms with Gasteiger partial charge in [0.25, 0.3) is 0 Å². The maximum absolute atomic E-state index is 11.4. The van der Waals surface area contributed by atoms with Gasteiger partial charge in [-0.05, 0) is 44.5 Å². The maximum Gasteiger partial charge on any atom is 0.407 e. The first kappa shape index (κ1) is 19.5. The van der Waals surface area contributed by atoms with E-state index in [9.17, 15) is 4.79 Å². The molecule has 6 heteroatoms. The number of hydrogen-bond donors (Lipinski definition) is 2. The molecule has 5 nitrogen and oxygen atoms in total. The Labute approximate surface area is 146 Å². The van der Waals surface area contributed by atoms with Crippen LogP contribution in [0.4, 0.5) is 4.79 Å². The van der Waals surface area contributed by atoms with Gasteiger partial charge in [0, 0.05) is 24.1 Å². The van der Waals surface area contributed by atoms with Gasteiger partial charge in [0.15, 0.2) is 0 Å². The van der Waals surface area contributed by atoms with E-state index in [1.807, 2.05) is 51.1 Å². The molecular weight excluding hydrogens is 360 g/mol. The van der Waals surface area contributed by atoms with Gasteiger partial charge in [0.2, 0.25) is 0 Å². The third kappa shape index (κ3) is 8.62. The Morgan fingerprint density at radius 1 is 1.26 bits per heavy atom. The number of carbonyl (C=O) groups excluding carboxylic acids is 1. The first-order valence-electron chi connectivity index (χ1n) is 7.47. The van der Waals surface area contributed by atoms with Crippen molar-refractivity contribution in [2.24, 2.45) is 0 Å². The van der Waals surface area contributed by atoms with E-state index < -0.39 is 11.7 Å². The van der Waals surface area contributed by atoms with Gasteiger partial charge < -0.3 is 20.1 Å². The Hall–Kier alpha value is -1.53. The van der Waals surface area contributed by atoms with E-state index in [1.165, 1.54) is 0 Å². The number of carbonyl (C=O) groups is 1. The fourth-order valence-electron chi connectivity index (χ4n) is 1.73. The lowest BCUT2D eigenvalue weighted by Crippen LogP contribution is -2.32. The fourth-order valence-corrected chi connectivity index (χ4v) is 2.11. The molecule has 0 saturated carbocycles. The lowest BCUT2D eigenvalue weighted by molar-refractivity contribution is 0.0534. The molecule has 1 aromatic carbocycles. The summed E-state index contributed by atoms with van der Waals surface area (Å²) in [6, 6.07) is 5.87. The van der Waals surface area contributed by atoms with Crippen LogP contribution < -0.4 is 15.4 Å². The normalized spacial score (nSPS) is 11.5. The standard InChI is InChI=1S/C17H25BrN2O3/c1-17(2,3)23-16(21)20-10-6-5-9-19-12-13-11-14(22-4)7-8-15(13)18/h5-8,11,19H,9-10,12H2,1-4H3,(H,20,21)/b6-5+. The summed E-state index contributed by atoms with van der Waals surface area (Å²) in [5.74, 6) is 0.835. The summed E-state index contributed by atoms with van der Waals surface area (Å²) in [5, 5.41) is 5.98. The van der Waals surface area contributed by atoms with E-state index in [0.29, 0.717) is 13.1 Å². The lowest BCUT2D eigenvalue weighted by Gasteiger charge is -2.19. The first-order valence-corrected chi connectivity index (χ1v) is 8.26. The quantitative estimate of drug-likeness (QED) is 0.556. The second-order valence-electron chi connectivity index (χ2n) is 5.94. The highest BCUT2D eigenvalue weighted by atomic mass is 79.9. The Bertz CT molecular complexity index is 539. The summed E-state index contributed by atoms with van der Waals surface area (Å²) in [7, 11) is 1.65. The van der Waals surface area contributed by atoms with Crippen LogP contribution in [0.25, 0.3) is 0 Å². The van der Waals surface area contributed by atoms with Gasteiger partial charge in [0.1, 0.15) is 11.4 Å². The number of rotatable bonds is 7. The molecule has 0 saturated heterocycles. The highest BCUT2D eigenvalue weighted by Gasteiger charge is 2.14. The van der Waals surface area contributed by atoms with Crippen molar-refractivity contribution in [2.45, 2.75) is 32.9 Å². The molecule has 0 aliphatic carbocycles. The number of nitrogens with one attached hydrogen (secondary N) is 2. The third-order valence-corrected chi connectivity index (χ3v) is 3.53. The summed E-state index contributed by atoms with van der Waals surface area (Å²) in [6.07, 6.45) is 3.44. The van der Waals surface area contributed by atoms with Crippen LogP contribution in [0.2, 0.25) is 0 Å². The van der Waals surface area contributed by atoms with E-state index in [0.717, 1.165) is 22.3 Å². The fraction of sp³-hybridized carbons (Fsp3) is 0.471. The Morgan fingerprint density at radius 3 is 2.61 bits per heavy atom. The van der Waals surface area contributed by atoms with Crippen molar-refractivity contribution < 1.29 is 14.3 Å². The largest absolute Gasteiger partial charge is 0.497 e. The highest BCUT2D eigenvalue weighted by Crippen LogP contribution is 2.22. The van der Waals surface area contributed by atoms with Crippen LogP contribution in [0, 0.1) is 0 Å². The van der Waals surface area contributed by atoms with Gasteiger partial charge in [-0.3, -0.25) is 0 Å². The maximum atomic E-state index is 11.4. The minimum absolute atomic E-state index is 0.407. The van der Waals surface area contributed by atoms with Crippen molar-refractivity contribution in [3.05, 3.63) is 40.4 Å². The van der Waals surface area contributed by atoms with E-state index in [4.69, 9.17) is 9.47 Å². The number of amides is 1. The van der Waals surface area contributed by atoms with Gasteiger partial charge in [0.05, 0.1) is 7.11 Å². The molecule has 0 aliphatic heterocycles. The number of benzene rings is 1. The van der Waals surface area contributed by atoms with Crippen LogP contribution in [-0.4, -0.2) is 31.9 Å².